The zero-order valence-electron chi connectivity index (χ0n) is 13.6. The quantitative estimate of drug-likeness (QED) is 0.772. The number of carboxylic acid groups (broad SMARTS) is 1. The Bertz CT molecular complexity index is 633. The second-order valence-electron chi connectivity index (χ2n) is 5.35. The van der Waals surface area contributed by atoms with Gasteiger partial charge < -0.3 is 19.5 Å². The standard InChI is InChI=1S/C16H20N2O6/c1-11-16(22)18(12-5-3-4-6-13(12)24-11)9-14(19)17(7-8-23-2)10-15(20)21/h3-6,11H,7-10H2,1-2H3,(H,20,21). The Balaban J connectivity index is 2.19. The fourth-order valence-corrected chi connectivity index (χ4v) is 2.41. The van der Waals surface area contributed by atoms with Crippen LogP contribution in [0.4, 0.5) is 5.69 Å². The largest absolute Gasteiger partial charge is 0.480 e. The van der Waals surface area contributed by atoms with Crippen molar-refractivity contribution in [2.24, 2.45) is 0 Å². The highest BCUT2D eigenvalue weighted by molar-refractivity contribution is 6.03. The predicted molar refractivity (Wildman–Crippen MR) is 85.0 cm³/mol. The molecule has 8 heteroatoms. The first-order valence-electron chi connectivity index (χ1n) is 7.49. The maximum atomic E-state index is 12.5. The summed E-state index contributed by atoms with van der Waals surface area (Å²) in [5, 5.41) is 8.95. The van der Waals surface area contributed by atoms with Gasteiger partial charge in [0.1, 0.15) is 18.8 Å². The Kier molecular flexibility index (Phi) is 5.75. The SMILES string of the molecule is COCCN(CC(=O)O)C(=O)CN1C(=O)C(C)Oc2ccccc21. The number of methoxy groups -OCH3 is 1. The number of benzene rings is 1. The van der Waals surface area contributed by atoms with Gasteiger partial charge in [0.2, 0.25) is 5.91 Å². The Labute approximate surface area is 139 Å². The number of para-hydroxylation sites is 2. The summed E-state index contributed by atoms with van der Waals surface area (Å²) in [6, 6.07) is 6.91. The molecule has 1 aromatic rings. The molecule has 130 valence electrons. The Hall–Kier alpha value is -2.61. The average Bonchev–Trinajstić information content (AvgIpc) is 2.55. The maximum Gasteiger partial charge on any atom is 0.323 e. The first-order valence-corrected chi connectivity index (χ1v) is 7.49. The van der Waals surface area contributed by atoms with Gasteiger partial charge >= 0.3 is 5.97 Å². The van der Waals surface area contributed by atoms with E-state index in [1.54, 1.807) is 31.2 Å². The van der Waals surface area contributed by atoms with Crippen molar-refractivity contribution in [3.63, 3.8) is 0 Å². The molecule has 0 radical (unpaired) electrons. The normalized spacial score (nSPS) is 16.3. The monoisotopic (exact) mass is 336 g/mol. The first kappa shape index (κ1) is 17.7. The first-order chi connectivity index (χ1) is 11.4. The number of fused-ring (bicyclic) bond motifs is 1. The highest BCUT2D eigenvalue weighted by Crippen LogP contribution is 2.33. The summed E-state index contributed by atoms with van der Waals surface area (Å²) in [4.78, 5) is 38.3. The molecule has 0 saturated carbocycles. The van der Waals surface area contributed by atoms with Gasteiger partial charge in [0.15, 0.2) is 6.10 Å². The zero-order chi connectivity index (χ0) is 17.7. The molecule has 1 aliphatic rings. The molecular weight excluding hydrogens is 316 g/mol. The molecule has 1 aromatic carbocycles. The number of aliphatic carboxylic acids is 1. The number of amides is 2. The van der Waals surface area contributed by atoms with Crippen LogP contribution in [0.1, 0.15) is 6.92 Å². The number of hydrogen-bond acceptors (Lipinski definition) is 5. The van der Waals surface area contributed by atoms with E-state index in [1.165, 1.54) is 12.0 Å². The highest BCUT2D eigenvalue weighted by Gasteiger charge is 2.33. The third kappa shape index (κ3) is 4.02. The van der Waals surface area contributed by atoms with Gasteiger partial charge in [-0.15, -0.1) is 0 Å². The lowest BCUT2D eigenvalue weighted by atomic mass is 10.2. The van der Waals surface area contributed by atoms with Crippen molar-refractivity contribution in [1.82, 2.24) is 4.90 Å². The van der Waals surface area contributed by atoms with Gasteiger partial charge in [0.05, 0.1) is 12.3 Å². The van der Waals surface area contributed by atoms with E-state index in [9.17, 15) is 14.4 Å². The van der Waals surface area contributed by atoms with Crippen LogP contribution in [0.25, 0.3) is 0 Å². The van der Waals surface area contributed by atoms with Crippen LogP contribution in [0.3, 0.4) is 0 Å². The number of carboxylic acids is 1. The smallest absolute Gasteiger partial charge is 0.323 e. The number of anilines is 1. The van der Waals surface area contributed by atoms with Crippen LogP contribution in [0.15, 0.2) is 24.3 Å². The van der Waals surface area contributed by atoms with E-state index in [0.717, 1.165) is 4.90 Å². The van der Waals surface area contributed by atoms with E-state index >= 15 is 0 Å². The number of nitrogens with zero attached hydrogens (tertiary/aromatic N) is 2. The van der Waals surface area contributed by atoms with Gasteiger partial charge in [-0.25, -0.2) is 0 Å². The predicted octanol–water partition coefficient (Wildman–Crippen LogP) is 0.360. The summed E-state index contributed by atoms with van der Waals surface area (Å²) in [5.41, 5.74) is 0.496. The topological polar surface area (TPSA) is 96.4 Å². The van der Waals surface area contributed by atoms with E-state index in [1.807, 2.05) is 0 Å². The van der Waals surface area contributed by atoms with Crippen molar-refractivity contribution in [3.05, 3.63) is 24.3 Å². The molecule has 2 amide bonds. The van der Waals surface area contributed by atoms with Crippen LogP contribution in [-0.4, -0.2) is 67.2 Å². The Morgan fingerprint density at radius 3 is 2.75 bits per heavy atom. The van der Waals surface area contributed by atoms with Crippen LogP contribution in [-0.2, 0) is 19.1 Å². The van der Waals surface area contributed by atoms with Crippen LogP contribution in [0.2, 0.25) is 0 Å². The molecule has 0 aromatic heterocycles. The van der Waals surface area contributed by atoms with Gasteiger partial charge in [0.25, 0.3) is 5.91 Å². The van der Waals surface area contributed by atoms with Gasteiger partial charge in [0, 0.05) is 13.7 Å². The molecular formula is C16H20N2O6. The number of hydrogen-bond donors (Lipinski definition) is 1. The van der Waals surface area contributed by atoms with Crippen LogP contribution in [0.5, 0.6) is 5.75 Å². The van der Waals surface area contributed by atoms with Gasteiger partial charge in [-0.05, 0) is 19.1 Å². The van der Waals surface area contributed by atoms with Gasteiger partial charge in [-0.2, -0.15) is 0 Å². The molecule has 0 spiro atoms. The Morgan fingerprint density at radius 1 is 1.38 bits per heavy atom. The molecule has 0 saturated heterocycles. The minimum atomic E-state index is -1.12. The lowest BCUT2D eigenvalue weighted by molar-refractivity contribution is -0.144. The molecule has 0 bridgehead atoms. The number of rotatable bonds is 7. The molecule has 0 aliphatic carbocycles. The van der Waals surface area contributed by atoms with Crippen molar-refractivity contribution in [1.29, 1.82) is 0 Å². The molecule has 24 heavy (non-hydrogen) atoms. The lowest BCUT2D eigenvalue weighted by Crippen LogP contribution is -2.50. The van der Waals surface area contributed by atoms with Gasteiger partial charge in [-0.3, -0.25) is 19.3 Å². The summed E-state index contributed by atoms with van der Waals surface area (Å²) in [6.07, 6.45) is -0.709. The second kappa shape index (κ2) is 7.78. The van der Waals surface area contributed by atoms with Crippen molar-refractivity contribution < 1.29 is 29.0 Å². The van der Waals surface area contributed by atoms with Crippen LogP contribution < -0.4 is 9.64 Å². The zero-order valence-corrected chi connectivity index (χ0v) is 13.6. The van der Waals surface area contributed by atoms with Crippen molar-refractivity contribution in [3.8, 4) is 5.75 Å². The summed E-state index contributed by atoms with van der Waals surface area (Å²) >= 11 is 0. The van der Waals surface area contributed by atoms with Crippen LogP contribution in [0, 0.1) is 0 Å². The fraction of sp³-hybridized carbons (Fsp3) is 0.438. The van der Waals surface area contributed by atoms with Crippen molar-refractivity contribution in [2.75, 3.05) is 38.3 Å². The number of ether oxygens (including phenoxy) is 2. The third-order valence-electron chi connectivity index (χ3n) is 3.61. The molecule has 1 aliphatic heterocycles. The third-order valence-corrected chi connectivity index (χ3v) is 3.61. The molecule has 0 fully saturated rings. The number of carbonyl (C=O) groups excluding carboxylic acids is 2. The average molecular weight is 336 g/mol. The molecule has 1 heterocycles. The molecule has 1 N–H and O–H groups in total. The minimum Gasteiger partial charge on any atom is -0.480 e. The molecule has 8 nitrogen and oxygen atoms in total. The summed E-state index contributed by atoms with van der Waals surface area (Å²) < 4.78 is 10.4. The molecule has 1 atom stereocenters. The number of carbonyl (C=O) groups is 3. The van der Waals surface area contributed by atoms with E-state index in [4.69, 9.17) is 14.6 Å². The summed E-state index contributed by atoms with van der Waals surface area (Å²) in [7, 11) is 1.47. The van der Waals surface area contributed by atoms with E-state index in [0.29, 0.717) is 11.4 Å². The highest BCUT2D eigenvalue weighted by atomic mass is 16.5. The van der Waals surface area contributed by atoms with Crippen molar-refractivity contribution >= 4 is 23.5 Å². The Morgan fingerprint density at radius 2 is 2.08 bits per heavy atom. The van der Waals surface area contributed by atoms with Gasteiger partial charge in [-0.1, -0.05) is 12.1 Å². The van der Waals surface area contributed by atoms with Crippen molar-refractivity contribution in [2.45, 2.75) is 13.0 Å². The van der Waals surface area contributed by atoms with E-state index < -0.39 is 24.5 Å². The maximum absolute atomic E-state index is 12.5. The van der Waals surface area contributed by atoms with Crippen LogP contribution >= 0.6 is 0 Å². The summed E-state index contributed by atoms with van der Waals surface area (Å²) in [5.74, 6) is -1.42. The van der Waals surface area contributed by atoms with E-state index in [2.05, 4.69) is 0 Å². The van der Waals surface area contributed by atoms with E-state index in [-0.39, 0.29) is 25.6 Å². The molecule has 1 unspecified atom stereocenters. The fourth-order valence-electron chi connectivity index (χ4n) is 2.41. The summed E-state index contributed by atoms with van der Waals surface area (Å²) in [6.45, 7) is 1.26. The minimum absolute atomic E-state index is 0.136. The second-order valence-corrected chi connectivity index (χ2v) is 5.35. The molecule has 2 rings (SSSR count). The lowest BCUT2D eigenvalue weighted by Gasteiger charge is -2.33.